The molecule has 5 nitrogen and oxygen atoms in total. The molecular formula is C23H28F2O5. The van der Waals surface area contributed by atoms with Crippen LogP contribution in [0.5, 0.6) is 0 Å². The highest BCUT2D eigenvalue weighted by Crippen LogP contribution is 2.69. The molecule has 3 saturated carbocycles. The van der Waals surface area contributed by atoms with Crippen molar-refractivity contribution >= 4 is 11.6 Å². The molecule has 0 aromatic carbocycles. The van der Waals surface area contributed by atoms with Crippen LogP contribution in [-0.2, 0) is 9.59 Å². The van der Waals surface area contributed by atoms with Gasteiger partial charge in [-0.2, -0.15) is 0 Å². The SMILES string of the molecule is C[C@]12CCC(=O)C=C1C(=CF)C(=CF)[C@@H]1[C@@H]2C(O)C[C@@]2(C)[C@H]1CC[C@]2(O)C(=O)CO. The summed E-state index contributed by atoms with van der Waals surface area (Å²) in [5, 5.41) is 32.0. The summed E-state index contributed by atoms with van der Waals surface area (Å²) in [4.78, 5) is 24.6. The fraction of sp³-hybridized carbons (Fsp3) is 0.652. The number of carbonyl (C=O) groups excluding carboxylic acids is 2. The molecule has 3 fully saturated rings. The first kappa shape index (κ1) is 21.5. The van der Waals surface area contributed by atoms with E-state index in [1.54, 1.807) is 6.92 Å². The number of ketones is 2. The van der Waals surface area contributed by atoms with Gasteiger partial charge in [0.25, 0.3) is 0 Å². The lowest BCUT2D eigenvalue weighted by Gasteiger charge is -2.61. The van der Waals surface area contributed by atoms with E-state index in [-0.39, 0.29) is 42.1 Å². The minimum Gasteiger partial charge on any atom is -0.393 e. The van der Waals surface area contributed by atoms with Gasteiger partial charge in [0.15, 0.2) is 11.6 Å². The Labute approximate surface area is 174 Å². The Balaban J connectivity index is 1.91. The maximum atomic E-state index is 14.3. The van der Waals surface area contributed by atoms with Crippen molar-refractivity contribution in [3.05, 3.63) is 35.5 Å². The number of carbonyl (C=O) groups is 2. The summed E-state index contributed by atoms with van der Waals surface area (Å²) in [6.07, 6.45) is 2.30. The first-order valence-corrected chi connectivity index (χ1v) is 10.5. The number of aliphatic hydroxyl groups is 3. The molecule has 1 unspecified atom stereocenters. The largest absolute Gasteiger partial charge is 0.393 e. The molecule has 30 heavy (non-hydrogen) atoms. The monoisotopic (exact) mass is 422 g/mol. The van der Waals surface area contributed by atoms with E-state index in [0.29, 0.717) is 31.1 Å². The van der Waals surface area contributed by atoms with Crippen molar-refractivity contribution in [1.29, 1.82) is 0 Å². The van der Waals surface area contributed by atoms with E-state index in [1.807, 2.05) is 6.92 Å². The first-order valence-electron chi connectivity index (χ1n) is 10.5. The fourth-order valence-electron chi connectivity index (χ4n) is 7.28. The van der Waals surface area contributed by atoms with Crippen LogP contribution >= 0.6 is 0 Å². The second-order valence-electron chi connectivity index (χ2n) is 9.86. The summed E-state index contributed by atoms with van der Waals surface area (Å²) in [5.41, 5.74) is -3.16. The Morgan fingerprint density at radius 1 is 1.27 bits per heavy atom. The molecule has 4 rings (SSSR count). The zero-order valence-corrected chi connectivity index (χ0v) is 17.2. The van der Waals surface area contributed by atoms with Crippen molar-refractivity contribution in [3.8, 4) is 0 Å². The van der Waals surface area contributed by atoms with Crippen molar-refractivity contribution in [2.24, 2.45) is 28.6 Å². The third-order valence-electron chi connectivity index (χ3n) is 8.79. The molecule has 4 aliphatic rings. The first-order chi connectivity index (χ1) is 14.1. The Morgan fingerprint density at radius 3 is 2.57 bits per heavy atom. The minimum absolute atomic E-state index is 0.0228. The molecule has 0 amide bonds. The molecule has 0 heterocycles. The lowest BCUT2D eigenvalue weighted by molar-refractivity contribution is -0.175. The molecule has 164 valence electrons. The standard InChI is InChI=1S/C23H28F2O5/c1-21-5-3-12(27)7-16(21)13(9-24)14(10-25)19-15-4-6-23(30,18(29)11-26)22(15,2)8-17(28)20(19)21/h7,9-10,15,17,19-20,26,28,30H,3-6,8,11H2,1-2H3/t15-,17?,19-,20-,21-,22-,23-/m0/s1. The number of Topliss-reactive ketones (excluding diaryl/α,β-unsaturated/α-hetero) is 1. The van der Waals surface area contributed by atoms with E-state index >= 15 is 0 Å². The summed E-state index contributed by atoms with van der Waals surface area (Å²) in [5.74, 6) is -2.36. The molecule has 7 heteroatoms. The van der Waals surface area contributed by atoms with Crippen LogP contribution in [0.2, 0.25) is 0 Å². The van der Waals surface area contributed by atoms with Gasteiger partial charge in [0.05, 0.1) is 18.8 Å². The van der Waals surface area contributed by atoms with Crippen LogP contribution in [0.4, 0.5) is 8.78 Å². The molecule has 0 radical (unpaired) electrons. The summed E-state index contributed by atoms with van der Waals surface area (Å²) >= 11 is 0. The average Bonchev–Trinajstić information content (AvgIpc) is 2.98. The summed E-state index contributed by atoms with van der Waals surface area (Å²) in [6, 6.07) is 0. The summed E-state index contributed by atoms with van der Waals surface area (Å²) in [6.45, 7) is 2.76. The highest BCUT2D eigenvalue weighted by molar-refractivity contribution is 5.93. The average molecular weight is 422 g/mol. The van der Waals surface area contributed by atoms with Crippen LogP contribution in [0.15, 0.2) is 35.5 Å². The number of rotatable bonds is 2. The molecular weight excluding hydrogens is 394 g/mol. The summed E-state index contributed by atoms with van der Waals surface area (Å²) in [7, 11) is 0. The third kappa shape index (κ3) is 2.49. The lowest BCUT2D eigenvalue weighted by Crippen LogP contribution is -2.62. The van der Waals surface area contributed by atoms with Gasteiger partial charge < -0.3 is 15.3 Å². The van der Waals surface area contributed by atoms with Gasteiger partial charge in [-0.3, -0.25) is 9.59 Å². The normalized spacial score (nSPS) is 48.2. The van der Waals surface area contributed by atoms with Crippen LogP contribution in [0.3, 0.4) is 0 Å². The Hall–Kier alpha value is -1.70. The van der Waals surface area contributed by atoms with Gasteiger partial charge in [0, 0.05) is 23.3 Å². The highest BCUT2D eigenvalue weighted by atomic mass is 19.1. The molecule has 4 aliphatic carbocycles. The number of aliphatic hydroxyl groups excluding tert-OH is 2. The summed E-state index contributed by atoms with van der Waals surface area (Å²) < 4.78 is 28.4. The number of fused-ring (bicyclic) bond motifs is 5. The number of hydrogen-bond donors (Lipinski definition) is 3. The molecule has 0 aliphatic heterocycles. The van der Waals surface area contributed by atoms with Crippen LogP contribution < -0.4 is 0 Å². The van der Waals surface area contributed by atoms with Crippen LogP contribution in [0.1, 0.15) is 46.0 Å². The second-order valence-corrected chi connectivity index (χ2v) is 9.86. The number of allylic oxidation sites excluding steroid dienone is 3. The van der Waals surface area contributed by atoms with E-state index in [1.165, 1.54) is 6.08 Å². The minimum atomic E-state index is -1.83. The zero-order valence-electron chi connectivity index (χ0n) is 17.2. The number of hydrogen-bond acceptors (Lipinski definition) is 5. The molecule has 7 atom stereocenters. The lowest BCUT2D eigenvalue weighted by atomic mass is 9.43. The van der Waals surface area contributed by atoms with Crippen LogP contribution in [-0.4, -0.2) is 45.2 Å². The van der Waals surface area contributed by atoms with Crippen molar-refractivity contribution in [2.75, 3.05) is 6.61 Å². The fourth-order valence-corrected chi connectivity index (χ4v) is 7.28. The molecule has 0 saturated heterocycles. The third-order valence-corrected chi connectivity index (χ3v) is 8.79. The predicted molar refractivity (Wildman–Crippen MR) is 104 cm³/mol. The van der Waals surface area contributed by atoms with Gasteiger partial charge in [-0.25, -0.2) is 8.78 Å². The van der Waals surface area contributed by atoms with Gasteiger partial charge >= 0.3 is 0 Å². The molecule has 0 bridgehead atoms. The van der Waals surface area contributed by atoms with Crippen molar-refractivity contribution in [3.63, 3.8) is 0 Å². The maximum Gasteiger partial charge on any atom is 0.190 e. The molecule has 0 aromatic heterocycles. The van der Waals surface area contributed by atoms with Gasteiger partial charge in [0.2, 0.25) is 0 Å². The van der Waals surface area contributed by atoms with Crippen molar-refractivity contribution < 1.29 is 33.7 Å². The highest BCUT2D eigenvalue weighted by Gasteiger charge is 2.69. The van der Waals surface area contributed by atoms with E-state index in [2.05, 4.69) is 0 Å². The quantitative estimate of drug-likeness (QED) is 0.636. The van der Waals surface area contributed by atoms with Gasteiger partial charge in [-0.15, -0.1) is 0 Å². The van der Waals surface area contributed by atoms with Crippen LogP contribution in [0, 0.1) is 28.6 Å². The van der Waals surface area contributed by atoms with Gasteiger partial charge in [-0.1, -0.05) is 13.8 Å². The molecule has 3 N–H and O–H groups in total. The van der Waals surface area contributed by atoms with E-state index in [0.717, 1.165) is 0 Å². The zero-order chi connectivity index (χ0) is 22.1. The van der Waals surface area contributed by atoms with Gasteiger partial charge in [-0.05, 0) is 60.2 Å². The van der Waals surface area contributed by atoms with Crippen molar-refractivity contribution in [2.45, 2.75) is 57.7 Å². The maximum absolute atomic E-state index is 14.3. The van der Waals surface area contributed by atoms with Gasteiger partial charge in [0.1, 0.15) is 12.2 Å². The second kappa shape index (κ2) is 6.90. The van der Waals surface area contributed by atoms with Crippen molar-refractivity contribution in [1.82, 2.24) is 0 Å². The Morgan fingerprint density at radius 2 is 1.97 bits per heavy atom. The topological polar surface area (TPSA) is 94.8 Å². The predicted octanol–water partition coefficient (Wildman–Crippen LogP) is 2.71. The Bertz CT molecular complexity index is 892. The molecule has 0 spiro atoms. The van der Waals surface area contributed by atoms with E-state index in [9.17, 15) is 33.7 Å². The van der Waals surface area contributed by atoms with Crippen LogP contribution in [0.25, 0.3) is 0 Å². The smallest absolute Gasteiger partial charge is 0.190 e. The van der Waals surface area contributed by atoms with E-state index < -0.39 is 46.8 Å². The number of halogens is 2. The molecule has 0 aromatic rings. The van der Waals surface area contributed by atoms with E-state index in [4.69, 9.17) is 0 Å². The Kier molecular flexibility index (Phi) is 4.95.